The number of hydrogen-bond donors (Lipinski definition) is 2. The van der Waals surface area contributed by atoms with Gasteiger partial charge in [0.05, 0.1) is 6.04 Å². The van der Waals surface area contributed by atoms with E-state index in [9.17, 15) is 0 Å². The second-order valence-corrected chi connectivity index (χ2v) is 6.10. The molecule has 1 aromatic heterocycles. The van der Waals surface area contributed by atoms with Crippen molar-refractivity contribution in [3.8, 4) is 0 Å². The standard InChI is InChI=1S/C16H13BrClN3/c17-12-5-11(6-13(18)7-12)16(21-19)15-9-20-8-10-3-1-2-4-14(10)15/h1-9,16,21H,19H2. The van der Waals surface area contributed by atoms with Crippen molar-refractivity contribution in [2.75, 3.05) is 0 Å². The van der Waals surface area contributed by atoms with Crippen molar-refractivity contribution in [2.24, 2.45) is 5.84 Å². The van der Waals surface area contributed by atoms with Crippen LogP contribution < -0.4 is 11.3 Å². The molecular weight excluding hydrogens is 350 g/mol. The SMILES string of the molecule is NNC(c1cc(Cl)cc(Br)c1)c1cncc2ccccc12. The molecule has 5 heteroatoms. The highest BCUT2D eigenvalue weighted by Crippen LogP contribution is 2.30. The topological polar surface area (TPSA) is 50.9 Å². The largest absolute Gasteiger partial charge is 0.271 e. The summed E-state index contributed by atoms with van der Waals surface area (Å²) >= 11 is 9.61. The van der Waals surface area contributed by atoms with Crippen LogP contribution in [0.15, 0.2) is 59.3 Å². The van der Waals surface area contributed by atoms with Gasteiger partial charge in [0.2, 0.25) is 0 Å². The van der Waals surface area contributed by atoms with Gasteiger partial charge in [-0.1, -0.05) is 51.8 Å². The Morgan fingerprint density at radius 1 is 1.14 bits per heavy atom. The quantitative estimate of drug-likeness (QED) is 0.542. The third-order valence-corrected chi connectivity index (χ3v) is 4.07. The van der Waals surface area contributed by atoms with E-state index in [0.29, 0.717) is 5.02 Å². The molecule has 0 aliphatic carbocycles. The van der Waals surface area contributed by atoms with Crippen LogP contribution in [0.25, 0.3) is 10.8 Å². The molecule has 3 N–H and O–H groups in total. The summed E-state index contributed by atoms with van der Waals surface area (Å²) in [5.74, 6) is 5.79. The Bertz CT molecular complexity index is 766. The molecule has 0 aliphatic heterocycles. The Hall–Kier alpha value is -1.46. The van der Waals surface area contributed by atoms with Gasteiger partial charge in [-0.2, -0.15) is 0 Å². The highest BCUT2D eigenvalue weighted by molar-refractivity contribution is 9.10. The number of nitrogens with one attached hydrogen (secondary N) is 1. The number of hydrogen-bond acceptors (Lipinski definition) is 3. The van der Waals surface area contributed by atoms with E-state index in [1.165, 1.54) is 0 Å². The van der Waals surface area contributed by atoms with E-state index < -0.39 is 0 Å². The maximum absolute atomic E-state index is 6.14. The van der Waals surface area contributed by atoms with Gasteiger partial charge in [-0.15, -0.1) is 0 Å². The van der Waals surface area contributed by atoms with Crippen molar-refractivity contribution in [2.45, 2.75) is 6.04 Å². The van der Waals surface area contributed by atoms with E-state index in [-0.39, 0.29) is 6.04 Å². The van der Waals surface area contributed by atoms with Crippen molar-refractivity contribution in [3.05, 3.63) is 75.5 Å². The summed E-state index contributed by atoms with van der Waals surface area (Å²) in [7, 11) is 0. The Balaban J connectivity index is 2.18. The second kappa shape index (κ2) is 6.12. The van der Waals surface area contributed by atoms with E-state index in [0.717, 1.165) is 26.4 Å². The maximum Gasteiger partial charge on any atom is 0.0732 e. The molecule has 0 bridgehead atoms. The lowest BCUT2D eigenvalue weighted by molar-refractivity contribution is 0.639. The molecule has 21 heavy (non-hydrogen) atoms. The summed E-state index contributed by atoms with van der Waals surface area (Å²) in [5.41, 5.74) is 4.86. The van der Waals surface area contributed by atoms with Gasteiger partial charge in [0.15, 0.2) is 0 Å². The van der Waals surface area contributed by atoms with Crippen LogP contribution in [0, 0.1) is 0 Å². The van der Waals surface area contributed by atoms with E-state index in [4.69, 9.17) is 17.4 Å². The fourth-order valence-electron chi connectivity index (χ4n) is 2.48. The van der Waals surface area contributed by atoms with Gasteiger partial charge in [0.25, 0.3) is 0 Å². The van der Waals surface area contributed by atoms with E-state index in [1.807, 2.05) is 48.8 Å². The number of pyridine rings is 1. The normalized spacial score (nSPS) is 12.5. The molecule has 0 saturated carbocycles. The Kier molecular flexibility index (Phi) is 4.22. The number of rotatable bonds is 3. The third-order valence-electron chi connectivity index (χ3n) is 3.39. The summed E-state index contributed by atoms with van der Waals surface area (Å²) in [6.45, 7) is 0. The molecule has 106 valence electrons. The van der Waals surface area contributed by atoms with E-state index in [1.54, 1.807) is 0 Å². The summed E-state index contributed by atoms with van der Waals surface area (Å²) in [6, 6.07) is 13.7. The van der Waals surface area contributed by atoms with Crippen LogP contribution in [-0.4, -0.2) is 4.98 Å². The summed E-state index contributed by atoms with van der Waals surface area (Å²) in [4.78, 5) is 4.31. The molecule has 0 radical (unpaired) electrons. The molecule has 0 amide bonds. The number of benzene rings is 2. The predicted molar refractivity (Wildman–Crippen MR) is 90.1 cm³/mol. The van der Waals surface area contributed by atoms with E-state index >= 15 is 0 Å². The molecule has 2 aromatic carbocycles. The van der Waals surface area contributed by atoms with Crippen LogP contribution in [0.1, 0.15) is 17.2 Å². The summed E-state index contributed by atoms with van der Waals surface area (Å²) in [6.07, 6.45) is 3.68. The molecule has 0 fully saturated rings. The average Bonchev–Trinajstić information content (AvgIpc) is 2.47. The first-order valence-corrected chi connectivity index (χ1v) is 7.61. The molecule has 3 rings (SSSR count). The highest BCUT2D eigenvalue weighted by atomic mass is 79.9. The van der Waals surface area contributed by atoms with Crippen molar-refractivity contribution < 1.29 is 0 Å². The third kappa shape index (κ3) is 2.94. The Morgan fingerprint density at radius 3 is 2.71 bits per heavy atom. The lowest BCUT2D eigenvalue weighted by Gasteiger charge is -2.19. The number of halogens is 2. The molecular formula is C16H13BrClN3. The fraction of sp³-hybridized carbons (Fsp3) is 0.0625. The molecule has 3 aromatic rings. The first kappa shape index (κ1) is 14.5. The zero-order valence-corrected chi connectivity index (χ0v) is 13.4. The molecule has 0 saturated heterocycles. The minimum absolute atomic E-state index is 0.182. The molecule has 1 atom stereocenters. The predicted octanol–water partition coefficient (Wildman–Crippen LogP) is 4.20. The van der Waals surface area contributed by atoms with Gasteiger partial charge < -0.3 is 0 Å². The first-order valence-electron chi connectivity index (χ1n) is 6.44. The fourth-order valence-corrected chi connectivity index (χ4v) is 3.36. The zero-order chi connectivity index (χ0) is 14.8. The minimum atomic E-state index is -0.182. The molecule has 0 spiro atoms. The highest BCUT2D eigenvalue weighted by Gasteiger charge is 2.16. The number of aromatic nitrogens is 1. The van der Waals surface area contributed by atoms with Crippen molar-refractivity contribution in [3.63, 3.8) is 0 Å². The van der Waals surface area contributed by atoms with Crippen LogP contribution in [0.2, 0.25) is 5.02 Å². The molecule has 1 unspecified atom stereocenters. The summed E-state index contributed by atoms with van der Waals surface area (Å²) in [5, 5.41) is 2.86. The first-order chi connectivity index (χ1) is 10.2. The van der Waals surface area contributed by atoms with Crippen molar-refractivity contribution >= 4 is 38.3 Å². The minimum Gasteiger partial charge on any atom is -0.271 e. The van der Waals surface area contributed by atoms with Gasteiger partial charge in [0, 0.05) is 32.8 Å². The summed E-state index contributed by atoms with van der Waals surface area (Å²) < 4.78 is 0.915. The Morgan fingerprint density at radius 2 is 1.95 bits per heavy atom. The number of fused-ring (bicyclic) bond motifs is 1. The Labute approximate surface area is 136 Å². The monoisotopic (exact) mass is 361 g/mol. The van der Waals surface area contributed by atoms with Crippen LogP contribution in [0.4, 0.5) is 0 Å². The maximum atomic E-state index is 6.14. The van der Waals surface area contributed by atoms with Crippen molar-refractivity contribution in [1.82, 2.24) is 10.4 Å². The average molecular weight is 363 g/mol. The lowest BCUT2D eigenvalue weighted by atomic mass is 9.96. The molecule has 1 heterocycles. The number of hydrazine groups is 1. The van der Waals surface area contributed by atoms with Gasteiger partial charge in [-0.25, -0.2) is 5.43 Å². The zero-order valence-electron chi connectivity index (χ0n) is 11.1. The lowest BCUT2D eigenvalue weighted by Crippen LogP contribution is -2.29. The van der Waals surface area contributed by atoms with Gasteiger partial charge >= 0.3 is 0 Å². The van der Waals surface area contributed by atoms with Crippen molar-refractivity contribution in [1.29, 1.82) is 0 Å². The molecule has 0 aliphatic rings. The van der Waals surface area contributed by atoms with Gasteiger partial charge in [-0.3, -0.25) is 10.8 Å². The number of nitrogens with zero attached hydrogens (tertiary/aromatic N) is 1. The van der Waals surface area contributed by atoms with Crippen LogP contribution in [0.5, 0.6) is 0 Å². The van der Waals surface area contributed by atoms with Gasteiger partial charge in [0.1, 0.15) is 0 Å². The number of nitrogens with two attached hydrogens (primary N) is 1. The van der Waals surface area contributed by atoms with Crippen LogP contribution in [0.3, 0.4) is 0 Å². The van der Waals surface area contributed by atoms with E-state index in [2.05, 4.69) is 32.4 Å². The molecule has 3 nitrogen and oxygen atoms in total. The smallest absolute Gasteiger partial charge is 0.0732 e. The van der Waals surface area contributed by atoms with Gasteiger partial charge in [-0.05, 0) is 29.1 Å². The van der Waals surface area contributed by atoms with Crippen LogP contribution >= 0.6 is 27.5 Å². The second-order valence-electron chi connectivity index (χ2n) is 4.75. The van der Waals surface area contributed by atoms with Crippen LogP contribution in [-0.2, 0) is 0 Å².